The Bertz CT molecular complexity index is 1370. The summed E-state index contributed by atoms with van der Waals surface area (Å²) < 4.78 is 12.7. The van der Waals surface area contributed by atoms with Crippen molar-refractivity contribution in [2.24, 2.45) is 5.92 Å². The van der Waals surface area contributed by atoms with Gasteiger partial charge in [0.05, 0.1) is 36.6 Å². The summed E-state index contributed by atoms with van der Waals surface area (Å²) in [5.74, 6) is 0.681. The van der Waals surface area contributed by atoms with Crippen molar-refractivity contribution in [3.63, 3.8) is 0 Å². The van der Waals surface area contributed by atoms with Gasteiger partial charge < -0.3 is 14.8 Å². The minimum atomic E-state index is -0.701. The van der Waals surface area contributed by atoms with Crippen molar-refractivity contribution in [1.82, 2.24) is 14.6 Å². The summed E-state index contributed by atoms with van der Waals surface area (Å²) in [6, 6.07) is 9.07. The molecule has 1 atom stereocenters. The number of hydrogen-bond donors (Lipinski definition) is 1. The number of amides is 1. The summed E-state index contributed by atoms with van der Waals surface area (Å²) in [7, 11) is 1.55. The van der Waals surface area contributed by atoms with Crippen LogP contribution in [0.1, 0.15) is 56.1 Å². The second kappa shape index (κ2) is 11.2. The minimum Gasteiger partial charge on any atom is -0.443 e. The summed E-state index contributed by atoms with van der Waals surface area (Å²) in [4.78, 5) is 30.9. The number of carbonyl (C=O) groups excluding carboxylic acids is 2. The number of ether oxygens (including phenoxy) is 2. The maximum atomic E-state index is 12.8. The molecule has 0 unspecified atom stereocenters. The summed E-state index contributed by atoms with van der Waals surface area (Å²) in [5.41, 5.74) is 1.73. The number of rotatable bonds is 9. The van der Waals surface area contributed by atoms with Crippen LogP contribution in [0.15, 0.2) is 43.1 Å². The first-order chi connectivity index (χ1) is 17.4. The van der Waals surface area contributed by atoms with E-state index in [0.29, 0.717) is 41.7 Å². The molecule has 10 heteroatoms. The Balaban J connectivity index is 2.01. The van der Waals surface area contributed by atoms with E-state index < -0.39 is 11.7 Å². The number of benzene rings is 1. The van der Waals surface area contributed by atoms with E-state index in [1.54, 1.807) is 46.0 Å². The van der Waals surface area contributed by atoms with Crippen molar-refractivity contribution in [3.8, 4) is 6.07 Å². The quantitative estimate of drug-likeness (QED) is 0.309. The lowest BCUT2D eigenvalue weighted by atomic mass is 10.1. The molecule has 0 radical (unpaired) electrons. The van der Waals surface area contributed by atoms with Crippen LogP contribution >= 0.6 is 0 Å². The van der Waals surface area contributed by atoms with E-state index in [1.807, 2.05) is 19.1 Å². The Labute approximate surface area is 216 Å². The molecule has 37 heavy (non-hydrogen) atoms. The van der Waals surface area contributed by atoms with E-state index in [2.05, 4.69) is 28.0 Å². The van der Waals surface area contributed by atoms with Gasteiger partial charge in [-0.3, -0.25) is 9.69 Å². The van der Waals surface area contributed by atoms with Crippen LogP contribution in [-0.2, 0) is 16.1 Å². The number of ketones is 1. The minimum absolute atomic E-state index is 0.208. The topological polar surface area (TPSA) is 122 Å². The third kappa shape index (κ3) is 6.92. The Morgan fingerprint density at radius 2 is 2.03 bits per heavy atom. The van der Waals surface area contributed by atoms with Gasteiger partial charge in [0.15, 0.2) is 11.4 Å². The fourth-order valence-corrected chi connectivity index (χ4v) is 3.41. The molecule has 3 rings (SSSR count). The predicted octanol–water partition coefficient (Wildman–Crippen LogP) is 5.26. The van der Waals surface area contributed by atoms with Gasteiger partial charge in [-0.15, -0.1) is 6.58 Å². The largest absolute Gasteiger partial charge is 0.443 e. The molecule has 0 saturated carbocycles. The molecular weight excluding hydrogens is 472 g/mol. The fraction of sp³-hybridized carbons (Fsp3) is 0.370. The lowest BCUT2D eigenvalue weighted by Crippen LogP contribution is -2.35. The van der Waals surface area contributed by atoms with Gasteiger partial charge in [0, 0.05) is 18.8 Å². The van der Waals surface area contributed by atoms with Crippen LogP contribution in [0.3, 0.4) is 0 Å². The van der Waals surface area contributed by atoms with Gasteiger partial charge in [-0.2, -0.15) is 14.9 Å². The highest BCUT2D eigenvalue weighted by Crippen LogP contribution is 2.26. The second-order valence-electron chi connectivity index (χ2n) is 9.77. The zero-order chi connectivity index (χ0) is 27.3. The Hall–Kier alpha value is -4.23. The van der Waals surface area contributed by atoms with Gasteiger partial charge in [0.25, 0.3) is 0 Å². The molecule has 10 nitrogen and oxygen atoms in total. The zero-order valence-electron chi connectivity index (χ0n) is 22.0. The van der Waals surface area contributed by atoms with Crippen LogP contribution in [0.5, 0.6) is 0 Å². The second-order valence-corrected chi connectivity index (χ2v) is 9.77. The summed E-state index contributed by atoms with van der Waals surface area (Å²) in [6.07, 6.45) is 2.64. The molecule has 0 aliphatic carbocycles. The molecule has 1 N–H and O–H groups in total. The van der Waals surface area contributed by atoms with E-state index >= 15 is 0 Å². The maximum absolute atomic E-state index is 12.8. The van der Waals surface area contributed by atoms with Crippen LogP contribution in [0.25, 0.3) is 5.65 Å². The molecule has 2 aromatic heterocycles. The number of nitrogens with one attached hydrogen (secondary N) is 1. The van der Waals surface area contributed by atoms with Crippen LogP contribution in [0.4, 0.5) is 22.1 Å². The van der Waals surface area contributed by atoms with Crippen molar-refractivity contribution < 1.29 is 19.1 Å². The standard InChI is InChI=1S/C27H32N6O4/c1-8-17(2)15-36-16-20-9-19(13-28)10-21(11-20)30-23-12-24(32(7)26(35)37-27(4,5)6)33-25(31-23)22(14-29-33)18(3)34/h8-12,14,17H,1,15-16H2,2-7H3,(H,30,31)/t17-/m0/s1. The summed E-state index contributed by atoms with van der Waals surface area (Å²) in [5, 5.41) is 17.0. The number of anilines is 3. The lowest BCUT2D eigenvalue weighted by molar-refractivity contribution is 0.0587. The van der Waals surface area contributed by atoms with E-state index in [-0.39, 0.29) is 17.3 Å². The van der Waals surface area contributed by atoms with Crippen LogP contribution < -0.4 is 10.2 Å². The number of hydrogen-bond acceptors (Lipinski definition) is 8. The van der Waals surface area contributed by atoms with Gasteiger partial charge in [0.2, 0.25) is 0 Å². The Kier molecular flexibility index (Phi) is 8.30. The van der Waals surface area contributed by atoms with Gasteiger partial charge in [-0.25, -0.2) is 9.78 Å². The number of Topliss-reactive ketones (excluding diaryl/α,β-unsaturated/α-hetero) is 1. The Morgan fingerprint density at radius 1 is 1.30 bits per heavy atom. The SMILES string of the molecule is C=C[C@H](C)COCc1cc(C#N)cc(Nc2cc(N(C)C(=O)OC(C)(C)C)n3ncc(C(C)=O)c3n2)c1. The first kappa shape index (κ1) is 27.4. The van der Waals surface area contributed by atoms with E-state index in [0.717, 1.165) is 5.56 Å². The monoisotopic (exact) mass is 504 g/mol. The van der Waals surface area contributed by atoms with Gasteiger partial charge >= 0.3 is 6.09 Å². The van der Waals surface area contributed by atoms with Crippen LogP contribution in [0, 0.1) is 17.2 Å². The molecule has 1 aromatic carbocycles. The number of carbonyl (C=O) groups is 2. The number of nitrogens with zero attached hydrogens (tertiary/aromatic N) is 5. The van der Waals surface area contributed by atoms with Crippen molar-refractivity contribution in [2.75, 3.05) is 23.9 Å². The first-order valence-electron chi connectivity index (χ1n) is 11.8. The highest BCUT2D eigenvalue weighted by molar-refractivity contribution is 6.00. The maximum Gasteiger partial charge on any atom is 0.415 e. The van der Waals surface area contributed by atoms with Crippen molar-refractivity contribution in [3.05, 3.63) is 59.8 Å². The average molecular weight is 505 g/mol. The summed E-state index contributed by atoms with van der Waals surface area (Å²) >= 11 is 0. The third-order valence-corrected chi connectivity index (χ3v) is 5.29. The van der Waals surface area contributed by atoms with E-state index in [1.165, 1.54) is 22.5 Å². The lowest BCUT2D eigenvalue weighted by Gasteiger charge is -2.25. The molecule has 1 amide bonds. The van der Waals surface area contributed by atoms with Crippen molar-refractivity contribution >= 4 is 34.8 Å². The zero-order valence-corrected chi connectivity index (χ0v) is 22.0. The van der Waals surface area contributed by atoms with E-state index in [9.17, 15) is 14.9 Å². The van der Waals surface area contributed by atoms with Crippen molar-refractivity contribution in [2.45, 2.75) is 46.8 Å². The Morgan fingerprint density at radius 3 is 2.65 bits per heavy atom. The number of nitriles is 1. The third-order valence-electron chi connectivity index (χ3n) is 5.29. The molecule has 0 aliphatic heterocycles. The molecule has 0 aliphatic rings. The molecule has 2 heterocycles. The van der Waals surface area contributed by atoms with Crippen LogP contribution in [0.2, 0.25) is 0 Å². The first-order valence-corrected chi connectivity index (χ1v) is 11.8. The fourth-order valence-electron chi connectivity index (χ4n) is 3.41. The highest BCUT2D eigenvalue weighted by Gasteiger charge is 2.24. The molecule has 0 bridgehead atoms. The van der Waals surface area contributed by atoms with Gasteiger partial charge in [-0.05, 0) is 57.4 Å². The molecular formula is C27H32N6O4. The molecule has 0 saturated heterocycles. The molecule has 194 valence electrons. The van der Waals surface area contributed by atoms with Crippen molar-refractivity contribution in [1.29, 1.82) is 5.26 Å². The number of aromatic nitrogens is 3. The van der Waals surface area contributed by atoms with E-state index in [4.69, 9.17) is 9.47 Å². The van der Waals surface area contributed by atoms with Crippen LogP contribution in [-0.4, -0.2) is 45.7 Å². The molecule has 3 aromatic rings. The molecule has 0 fully saturated rings. The smallest absolute Gasteiger partial charge is 0.415 e. The molecule has 0 spiro atoms. The van der Waals surface area contributed by atoms with Gasteiger partial charge in [0.1, 0.15) is 17.2 Å². The van der Waals surface area contributed by atoms with Gasteiger partial charge in [-0.1, -0.05) is 13.0 Å². The average Bonchev–Trinajstić information content (AvgIpc) is 3.26. The predicted molar refractivity (Wildman–Crippen MR) is 141 cm³/mol. The highest BCUT2D eigenvalue weighted by atomic mass is 16.6. The summed E-state index contributed by atoms with van der Waals surface area (Å²) in [6.45, 7) is 13.3. The normalized spacial score (nSPS) is 12.0. The number of fused-ring (bicyclic) bond motifs is 1.